The SMILES string of the molecule is CC(=O)NCC(C)(C)c1ccccc1Br. The van der Waals surface area contributed by atoms with Gasteiger partial charge in [-0.05, 0) is 11.6 Å². The Kier molecular flexibility index (Phi) is 3.91. The van der Waals surface area contributed by atoms with E-state index in [1.54, 1.807) is 0 Å². The van der Waals surface area contributed by atoms with Crippen molar-refractivity contribution in [3.63, 3.8) is 0 Å². The standard InChI is InChI=1S/C12H16BrNO/c1-9(15)14-8-12(2,3)10-6-4-5-7-11(10)13/h4-7H,8H2,1-3H3,(H,14,15). The Morgan fingerprint density at radius 3 is 2.53 bits per heavy atom. The molecule has 15 heavy (non-hydrogen) atoms. The lowest BCUT2D eigenvalue weighted by Gasteiger charge is -2.26. The normalized spacial score (nSPS) is 11.2. The molecule has 0 heterocycles. The summed E-state index contributed by atoms with van der Waals surface area (Å²) in [6.45, 7) is 6.41. The van der Waals surface area contributed by atoms with Crippen molar-refractivity contribution in [1.82, 2.24) is 5.32 Å². The molecule has 1 rings (SSSR count). The average Bonchev–Trinajstić information content (AvgIpc) is 2.15. The predicted octanol–water partition coefficient (Wildman–Crippen LogP) is 2.86. The van der Waals surface area contributed by atoms with Crippen LogP contribution >= 0.6 is 15.9 Å². The molecular weight excluding hydrogens is 254 g/mol. The summed E-state index contributed by atoms with van der Waals surface area (Å²) < 4.78 is 1.08. The Morgan fingerprint density at radius 2 is 2.00 bits per heavy atom. The van der Waals surface area contributed by atoms with Crippen molar-refractivity contribution >= 4 is 21.8 Å². The van der Waals surface area contributed by atoms with Crippen LogP contribution in [0.2, 0.25) is 0 Å². The van der Waals surface area contributed by atoms with E-state index in [1.807, 2.05) is 18.2 Å². The lowest BCUT2D eigenvalue weighted by Crippen LogP contribution is -2.35. The molecule has 0 aliphatic heterocycles. The van der Waals surface area contributed by atoms with E-state index in [4.69, 9.17) is 0 Å². The highest BCUT2D eigenvalue weighted by Crippen LogP contribution is 2.29. The van der Waals surface area contributed by atoms with Gasteiger partial charge in [0.05, 0.1) is 0 Å². The third kappa shape index (κ3) is 3.34. The summed E-state index contributed by atoms with van der Waals surface area (Å²) in [6, 6.07) is 8.09. The van der Waals surface area contributed by atoms with Gasteiger partial charge in [-0.3, -0.25) is 4.79 Å². The Labute approximate surface area is 99.2 Å². The highest BCUT2D eigenvalue weighted by atomic mass is 79.9. The van der Waals surface area contributed by atoms with Gasteiger partial charge in [-0.15, -0.1) is 0 Å². The summed E-state index contributed by atoms with van der Waals surface area (Å²) in [4.78, 5) is 10.9. The number of nitrogens with one attached hydrogen (secondary N) is 1. The quantitative estimate of drug-likeness (QED) is 0.899. The van der Waals surface area contributed by atoms with Crippen LogP contribution in [0, 0.1) is 0 Å². The third-order valence-electron chi connectivity index (χ3n) is 2.38. The summed E-state index contributed by atoms with van der Waals surface area (Å²) in [6.07, 6.45) is 0. The minimum atomic E-state index is -0.0637. The van der Waals surface area contributed by atoms with Gasteiger partial charge in [-0.25, -0.2) is 0 Å². The number of rotatable bonds is 3. The van der Waals surface area contributed by atoms with Crippen LogP contribution < -0.4 is 5.32 Å². The molecule has 0 aromatic heterocycles. The molecule has 0 saturated carbocycles. The van der Waals surface area contributed by atoms with Gasteiger partial charge in [0, 0.05) is 23.4 Å². The van der Waals surface area contributed by atoms with Crippen LogP contribution in [-0.2, 0) is 10.2 Å². The van der Waals surface area contributed by atoms with E-state index >= 15 is 0 Å². The maximum atomic E-state index is 10.9. The first kappa shape index (κ1) is 12.2. The predicted molar refractivity (Wildman–Crippen MR) is 65.9 cm³/mol. The summed E-state index contributed by atoms with van der Waals surface area (Å²) >= 11 is 3.53. The monoisotopic (exact) mass is 269 g/mol. The Morgan fingerprint density at radius 1 is 1.40 bits per heavy atom. The van der Waals surface area contributed by atoms with E-state index in [0.29, 0.717) is 6.54 Å². The van der Waals surface area contributed by atoms with Gasteiger partial charge >= 0.3 is 0 Å². The number of carbonyl (C=O) groups excluding carboxylic acids is 1. The highest BCUT2D eigenvalue weighted by molar-refractivity contribution is 9.10. The fraction of sp³-hybridized carbons (Fsp3) is 0.417. The molecule has 0 unspecified atom stereocenters. The number of hydrogen-bond acceptors (Lipinski definition) is 1. The number of hydrogen-bond donors (Lipinski definition) is 1. The molecule has 0 atom stereocenters. The molecule has 0 fully saturated rings. The van der Waals surface area contributed by atoms with E-state index in [-0.39, 0.29) is 11.3 Å². The fourth-order valence-electron chi connectivity index (χ4n) is 1.45. The van der Waals surface area contributed by atoms with Crippen molar-refractivity contribution < 1.29 is 4.79 Å². The first-order valence-electron chi connectivity index (χ1n) is 4.93. The molecule has 0 saturated heterocycles. The molecule has 0 spiro atoms. The molecule has 82 valence electrons. The number of amides is 1. The summed E-state index contributed by atoms with van der Waals surface area (Å²) in [5, 5.41) is 2.85. The topological polar surface area (TPSA) is 29.1 Å². The highest BCUT2D eigenvalue weighted by Gasteiger charge is 2.22. The molecule has 0 aliphatic rings. The van der Waals surface area contributed by atoms with Gasteiger partial charge in [0.2, 0.25) is 5.91 Å². The molecule has 1 N–H and O–H groups in total. The second kappa shape index (κ2) is 4.79. The van der Waals surface area contributed by atoms with E-state index in [9.17, 15) is 4.79 Å². The van der Waals surface area contributed by atoms with Crippen molar-refractivity contribution in [3.05, 3.63) is 34.3 Å². The van der Waals surface area contributed by atoms with Crippen LogP contribution in [0.15, 0.2) is 28.7 Å². The second-order valence-corrected chi connectivity index (χ2v) is 5.13. The van der Waals surface area contributed by atoms with Gasteiger partial charge in [0.25, 0.3) is 0 Å². The van der Waals surface area contributed by atoms with Gasteiger partial charge in [0.1, 0.15) is 0 Å². The molecule has 0 aliphatic carbocycles. The smallest absolute Gasteiger partial charge is 0.216 e. The van der Waals surface area contributed by atoms with Gasteiger partial charge in [-0.2, -0.15) is 0 Å². The van der Waals surface area contributed by atoms with E-state index in [1.165, 1.54) is 12.5 Å². The van der Waals surface area contributed by atoms with Crippen molar-refractivity contribution in [2.24, 2.45) is 0 Å². The first-order chi connectivity index (χ1) is 6.93. The lowest BCUT2D eigenvalue weighted by atomic mass is 9.84. The molecule has 3 heteroatoms. The van der Waals surface area contributed by atoms with Gasteiger partial charge in [0.15, 0.2) is 0 Å². The van der Waals surface area contributed by atoms with E-state index < -0.39 is 0 Å². The molecule has 1 amide bonds. The number of carbonyl (C=O) groups is 1. The maximum absolute atomic E-state index is 10.9. The maximum Gasteiger partial charge on any atom is 0.216 e. The van der Waals surface area contributed by atoms with Crippen LogP contribution in [0.5, 0.6) is 0 Å². The molecular formula is C12H16BrNO. The number of benzene rings is 1. The average molecular weight is 270 g/mol. The first-order valence-corrected chi connectivity index (χ1v) is 5.72. The Hall–Kier alpha value is -0.830. The summed E-state index contributed by atoms with van der Waals surface area (Å²) in [5.74, 6) is 0.00938. The zero-order valence-electron chi connectivity index (χ0n) is 9.30. The molecule has 1 aromatic rings. The molecule has 0 radical (unpaired) electrons. The van der Waals surface area contributed by atoms with Crippen LogP contribution in [0.4, 0.5) is 0 Å². The molecule has 1 aromatic carbocycles. The van der Waals surface area contributed by atoms with Gasteiger partial charge in [-0.1, -0.05) is 48.0 Å². The minimum Gasteiger partial charge on any atom is -0.355 e. The van der Waals surface area contributed by atoms with Crippen molar-refractivity contribution in [1.29, 1.82) is 0 Å². The summed E-state index contributed by atoms with van der Waals surface area (Å²) in [7, 11) is 0. The second-order valence-electron chi connectivity index (χ2n) is 4.27. The van der Waals surface area contributed by atoms with E-state index in [0.717, 1.165) is 4.47 Å². The Bertz CT molecular complexity index is 360. The van der Waals surface area contributed by atoms with Crippen molar-refractivity contribution in [2.45, 2.75) is 26.2 Å². The van der Waals surface area contributed by atoms with Crippen molar-refractivity contribution in [2.75, 3.05) is 6.54 Å². The largest absolute Gasteiger partial charge is 0.355 e. The van der Waals surface area contributed by atoms with Crippen LogP contribution in [-0.4, -0.2) is 12.5 Å². The molecule has 0 bridgehead atoms. The zero-order valence-corrected chi connectivity index (χ0v) is 10.9. The lowest BCUT2D eigenvalue weighted by molar-refractivity contribution is -0.119. The minimum absolute atomic E-state index is 0.00938. The zero-order chi connectivity index (χ0) is 11.5. The van der Waals surface area contributed by atoms with Gasteiger partial charge < -0.3 is 5.32 Å². The fourth-order valence-corrected chi connectivity index (χ4v) is 2.27. The van der Waals surface area contributed by atoms with Crippen LogP contribution in [0.1, 0.15) is 26.3 Å². The van der Waals surface area contributed by atoms with Crippen molar-refractivity contribution in [3.8, 4) is 0 Å². The Balaban J connectivity index is 2.85. The number of halogens is 1. The third-order valence-corrected chi connectivity index (χ3v) is 3.07. The van der Waals surface area contributed by atoms with Crippen LogP contribution in [0.3, 0.4) is 0 Å². The van der Waals surface area contributed by atoms with Crippen LogP contribution in [0.25, 0.3) is 0 Å². The molecule has 2 nitrogen and oxygen atoms in total. The summed E-state index contributed by atoms with van der Waals surface area (Å²) in [5.41, 5.74) is 1.14. The van der Waals surface area contributed by atoms with E-state index in [2.05, 4.69) is 41.2 Å².